The third-order valence-electron chi connectivity index (χ3n) is 7.08. The molecule has 0 amide bonds. The van der Waals surface area contributed by atoms with Crippen LogP contribution in [0.4, 0.5) is 0 Å². The van der Waals surface area contributed by atoms with Crippen molar-refractivity contribution in [1.82, 2.24) is 0 Å². The fourth-order valence-electron chi connectivity index (χ4n) is 5.48. The molecular weight excluding hydrogens is 672 g/mol. The van der Waals surface area contributed by atoms with E-state index >= 15 is 0 Å². The predicted octanol–water partition coefficient (Wildman–Crippen LogP) is 0.574. The van der Waals surface area contributed by atoms with Crippen LogP contribution in [0.5, 0.6) is 0 Å². The smallest absolute Gasteiger partial charge is 0.303 e. The number of carbonyl (C=O) groups is 8. The van der Waals surface area contributed by atoms with Crippen LogP contribution in [0.15, 0.2) is 12.2 Å². The summed E-state index contributed by atoms with van der Waals surface area (Å²) in [6.07, 6.45) is -9.18. The molecule has 0 aliphatic carbocycles. The Kier molecular flexibility index (Phi) is 16.3. The van der Waals surface area contributed by atoms with E-state index in [9.17, 15) is 38.4 Å². The van der Waals surface area contributed by atoms with Crippen molar-refractivity contribution in [3.63, 3.8) is 0 Å². The molecule has 18 nitrogen and oxygen atoms in total. The summed E-state index contributed by atoms with van der Waals surface area (Å²) in [7, 11) is 0. The average molecular weight is 717 g/mol. The summed E-state index contributed by atoms with van der Waals surface area (Å²) in [6, 6.07) is 0. The highest BCUT2D eigenvalue weighted by Gasteiger charge is 2.53. The quantitative estimate of drug-likeness (QED) is 0.136. The molecule has 0 aromatic rings. The van der Waals surface area contributed by atoms with Crippen LogP contribution in [0.25, 0.3) is 0 Å². The van der Waals surface area contributed by atoms with Crippen LogP contribution in [0, 0.1) is 0 Å². The van der Waals surface area contributed by atoms with E-state index in [0.29, 0.717) is 0 Å². The van der Waals surface area contributed by atoms with Crippen molar-refractivity contribution < 1.29 is 85.7 Å². The molecule has 0 bridgehead atoms. The van der Waals surface area contributed by atoms with Crippen molar-refractivity contribution in [2.45, 2.75) is 129 Å². The van der Waals surface area contributed by atoms with Gasteiger partial charge in [-0.1, -0.05) is 12.2 Å². The molecule has 0 aromatic carbocycles. The highest BCUT2D eigenvalue weighted by atomic mass is 16.7. The molecule has 2 aliphatic rings. The lowest BCUT2D eigenvalue weighted by Crippen LogP contribution is -2.62. The minimum atomic E-state index is -1.35. The van der Waals surface area contributed by atoms with Crippen LogP contribution < -0.4 is 0 Å². The van der Waals surface area contributed by atoms with Crippen LogP contribution in [-0.4, -0.2) is 122 Å². The molecule has 2 rings (SSSR count). The lowest BCUT2D eigenvalue weighted by Gasteiger charge is -2.44. The second-order valence-corrected chi connectivity index (χ2v) is 11.4. The molecule has 50 heavy (non-hydrogen) atoms. The van der Waals surface area contributed by atoms with E-state index in [1.807, 2.05) is 0 Å². The number of carbonyl (C=O) groups excluding carboxylic acids is 8. The summed E-state index contributed by atoms with van der Waals surface area (Å²) < 4.78 is 55.0. The standard InChI is InChI=1S/C32H44O18/c1-15(33)41-13-25-29(45-19(5)37)31(47-21(7)39)27(43-17(3)35)23(49-25)11-9-10-12-24-28(44-18(4)36)32(48-22(8)40)30(46-20(6)38)26(50-24)14-42-16(2)34/h9-10,23-32H,11-14H2,1-8H3/b10-9-/t23-,24-,25+,26+,27-,28-,29-,30-,31+,32+/m0/s1. The van der Waals surface area contributed by atoms with Crippen molar-refractivity contribution >= 4 is 47.8 Å². The van der Waals surface area contributed by atoms with E-state index < -0.39 is 122 Å². The zero-order valence-electron chi connectivity index (χ0n) is 29.1. The Balaban J connectivity index is 2.45. The molecule has 0 radical (unpaired) electrons. The van der Waals surface area contributed by atoms with Gasteiger partial charge in [0.05, 0.1) is 0 Å². The van der Waals surface area contributed by atoms with Gasteiger partial charge in [0, 0.05) is 55.4 Å². The van der Waals surface area contributed by atoms with E-state index in [-0.39, 0.29) is 12.8 Å². The number of rotatable bonds is 14. The lowest BCUT2D eigenvalue weighted by molar-refractivity contribution is -0.252. The van der Waals surface area contributed by atoms with Gasteiger partial charge >= 0.3 is 47.8 Å². The average Bonchev–Trinajstić information content (AvgIpc) is 2.97. The first kappa shape index (κ1) is 41.6. The number of hydrogen-bond donors (Lipinski definition) is 0. The molecule has 280 valence electrons. The summed E-state index contributed by atoms with van der Waals surface area (Å²) in [6.45, 7) is 8.18. The molecular formula is C32H44O18. The van der Waals surface area contributed by atoms with E-state index in [4.69, 9.17) is 47.4 Å². The third kappa shape index (κ3) is 13.4. The van der Waals surface area contributed by atoms with Crippen molar-refractivity contribution in [2.75, 3.05) is 13.2 Å². The second kappa shape index (κ2) is 19.6. The van der Waals surface area contributed by atoms with Gasteiger partial charge in [0.25, 0.3) is 0 Å². The van der Waals surface area contributed by atoms with Crippen molar-refractivity contribution in [3.8, 4) is 0 Å². The molecule has 18 heteroatoms. The highest BCUT2D eigenvalue weighted by Crippen LogP contribution is 2.33. The van der Waals surface area contributed by atoms with Crippen LogP contribution in [0.2, 0.25) is 0 Å². The van der Waals surface area contributed by atoms with Crippen LogP contribution in [0.3, 0.4) is 0 Å². The Labute approximate surface area is 288 Å². The van der Waals surface area contributed by atoms with Crippen molar-refractivity contribution in [1.29, 1.82) is 0 Å². The van der Waals surface area contributed by atoms with Gasteiger partial charge in [-0.05, 0) is 12.8 Å². The molecule has 0 saturated carbocycles. The van der Waals surface area contributed by atoms with Gasteiger partial charge in [0.2, 0.25) is 0 Å². The molecule has 0 aromatic heterocycles. The van der Waals surface area contributed by atoms with Crippen LogP contribution >= 0.6 is 0 Å². The number of esters is 8. The topological polar surface area (TPSA) is 229 Å². The van der Waals surface area contributed by atoms with Crippen LogP contribution in [0.1, 0.15) is 68.2 Å². The Morgan fingerprint density at radius 3 is 0.860 bits per heavy atom. The lowest BCUT2D eigenvalue weighted by atomic mass is 9.91. The van der Waals surface area contributed by atoms with Gasteiger partial charge < -0.3 is 47.4 Å². The molecule has 0 unspecified atom stereocenters. The van der Waals surface area contributed by atoms with E-state index in [1.165, 1.54) is 0 Å². The van der Waals surface area contributed by atoms with Gasteiger partial charge in [0.1, 0.15) is 37.6 Å². The maximum absolute atomic E-state index is 12.1. The maximum Gasteiger partial charge on any atom is 0.303 e. The highest BCUT2D eigenvalue weighted by molar-refractivity contribution is 5.70. The fraction of sp³-hybridized carbons (Fsp3) is 0.688. The first-order valence-corrected chi connectivity index (χ1v) is 15.6. The van der Waals surface area contributed by atoms with Gasteiger partial charge in [-0.3, -0.25) is 38.4 Å². The molecule has 2 fully saturated rings. The SMILES string of the molecule is CC(=O)OC[C@H]1O[C@@H](C/C=C\C[C@@H]2O[C@H](COC(C)=O)[C@H](OC(C)=O)[C@H](OC(C)=O)[C@H]2OC(C)=O)[C@H](OC(C)=O)[C@@H](OC(C)=O)[C@H]1OC(C)=O. The Hall–Kier alpha value is -4.58. The number of ether oxygens (including phenoxy) is 10. The normalized spacial score (nSPS) is 29.1. The maximum atomic E-state index is 12.1. The molecule has 10 atom stereocenters. The van der Waals surface area contributed by atoms with E-state index in [2.05, 4.69) is 0 Å². The Morgan fingerprint density at radius 2 is 0.620 bits per heavy atom. The predicted molar refractivity (Wildman–Crippen MR) is 162 cm³/mol. The summed E-state index contributed by atoms with van der Waals surface area (Å²) in [4.78, 5) is 95.6. The van der Waals surface area contributed by atoms with E-state index in [1.54, 1.807) is 12.2 Å². The largest absolute Gasteiger partial charge is 0.463 e. The number of hydrogen-bond acceptors (Lipinski definition) is 18. The summed E-state index contributed by atoms with van der Waals surface area (Å²) in [5.41, 5.74) is 0. The van der Waals surface area contributed by atoms with Gasteiger partial charge in [-0.15, -0.1) is 0 Å². The van der Waals surface area contributed by atoms with Crippen LogP contribution in [-0.2, 0) is 85.7 Å². The van der Waals surface area contributed by atoms with Crippen molar-refractivity contribution in [3.05, 3.63) is 12.2 Å². The first-order valence-electron chi connectivity index (χ1n) is 15.6. The van der Waals surface area contributed by atoms with Gasteiger partial charge in [0.15, 0.2) is 36.6 Å². The first-order chi connectivity index (χ1) is 23.4. The Morgan fingerprint density at radius 1 is 0.380 bits per heavy atom. The zero-order chi connectivity index (χ0) is 37.7. The van der Waals surface area contributed by atoms with Crippen molar-refractivity contribution in [2.24, 2.45) is 0 Å². The second-order valence-electron chi connectivity index (χ2n) is 11.4. The molecule has 2 heterocycles. The van der Waals surface area contributed by atoms with E-state index in [0.717, 1.165) is 55.4 Å². The molecule has 0 N–H and O–H groups in total. The summed E-state index contributed by atoms with van der Waals surface area (Å²) in [5.74, 6) is -5.96. The third-order valence-corrected chi connectivity index (χ3v) is 7.08. The minimum absolute atomic E-state index is 0.0235. The summed E-state index contributed by atoms with van der Waals surface area (Å²) in [5, 5.41) is 0. The molecule has 0 spiro atoms. The van der Waals surface area contributed by atoms with Gasteiger partial charge in [-0.25, -0.2) is 0 Å². The monoisotopic (exact) mass is 716 g/mol. The fourth-order valence-corrected chi connectivity index (χ4v) is 5.48. The summed E-state index contributed by atoms with van der Waals surface area (Å²) >= 11 is 0. The molecule has 2 aliphatic heterocycles. The zero-order valence-corrected chi connectivity index (χ0v) is 29.1. The Bertz CT molecular complexity index is 1200. The molecule has 2 saturated heterocycles. The minimum Gasteiger partial charge on any atom is -0.463 e. The van der Waals surface area contributed by atoms with Gasteiger partial charge in [-0.2, -0.15) is 0 Å².